The van der Waals surface area contributed by atoms with Gasteiger partial charge in [-0.25, -0.2) is 4.98 Å². The number of imidazole rings is 1. The minimum absolute atomic E-state index is 0.0307. The smallest absolute Gasteiger partial charge is 0.162 e. The van der Waals surface area contributed by atoms with Crippen LogP contribution in [0, 0.1) is 12.8 Å². The van der Waals surface area contributed by atoms with Crippen LogP contribution in [-0.2, 0) is 16.0 Å². The molecule has 0 saturated carbocycles. The molecule has 2 heterocycles. The fourth-order valence-electron chi connectivity index (χ4n) is 3.50. The molecule has 4 nitrogen and oxygen atoms in total. The maximum Gasteiger partial charge on any atom is 0.162 e. The van der Waals surface area contributed by atoms with E-state index in [-0.39, 0.29) is 6.29 Å². The van der Waals surface area contributed by atoms with Gasteiger partial charge in [-0.3, -0.25) is 0 Å². The van der Waals surface area contributed by atoms with E-state index in [0.29, 0.717) is 5.92 Å². The first-order valence-corrected chi connectivity index (χ1v) is 10.5. The molecule has 1 aliphatic heterocycles. The van der Waals surface area contributed by atoms with E-state index in [2.05, 4.69) is 40.7 Å². The largest absolute Gasteiger partial charge is 0.350 e. The van der Waals surface area contributed by atoms with Crippen LogP contribution >= 0.6 is 0 Å². The quantitative estimate of drug-likeness (QED) is 0.556. The zero-order valence-corrected chi connectivity index (χ0v) is 17.8. The zero-order chi connectivity index (χ0) is 21.2. The summed E-state index contributed by atoms with van der Waals surface area (Å²) in [6.07, 6.45) is 4.87. The van der Waals surface area contributed by atoms with Gasteiger partial charge in [0.15, 0.2) is 6.29 Å². The summed E-state index contributed by atoms with van der Waals surface area (Å²) in [6.45, 7) is 6.56. The first kappa shape index (κ1) is 22.1. The molecule has 0 N–H and O–H groups in total. The second-order valence-electron chi connectivity index (χ2n) is 7.22. The molecule has 1 aliphatic rings. The van der Waals surface area contributed by atoms with Crippen molar-refractivity contribution in [2.45, 2.75) is 33.1 Å². The monoisotopic (exact) mass is 400 g/mol. The summed E-state index contributed by atoms with van der Waals surface area (Å²) in [7, 11) is 5.67. The number of hydrogen-bond donors (Lipinski definition) is 0. The molecule has 30 heavy (non-hydrogen) atoms. The lowest BCUT2D eigenvalue weighted by Gasteiger charge is -2.21. The Kier molecular flexibility index (Phi) is 8.48. The summed E-state index contributed by atoms with van der Waals surface area (Å²) in [4.78, 5) is 4.21. The van der Waals surface area contributed by atoms with Gasteiger partial charge in [-0.2, -0.15) is 0 Å². The Morgan fingerprint density at radius 2 is 1.63 bits per heavy atom. The normalized spacial score (nSPS) is 14.6. The molecule has 4 rings (SSSR count). The molecule has 5 heteroatoms. The van der Waals surface area contributed by atoms with Gasteiger partial charge in [0.05, 0.1) is 13.2 Å². The second kappa shape index (κ2) is 11.5. The number of rotatable bonds is 6. The molecule has 0 amide bonds. The lowest BCUT2D eigenvalue weighted by atomic mass is 9.92. The molecule has 0 spiro atoms. The van der Waals surface area contributed by atoms with Crippen molar-refractivity contribution in [3.05, 3.63) is 96.0 Å². The van der Waals surface area contributed by atoms with Crippen LogP contribution in [-0.4, -0.2) is 36.9 Å². The van der Waals surface area contributed by atoms with Crippen molar-refractivity contribution in [2.75, 3.05) is 13.2 Å². The summed E-state index contributed by atoms with van der Waals surface area (Å²) in [5.74, 6) is 3.12. The molecular weight excluding hydrogens is 371 g/mol. The van der Waals surface area contributed by atoms with Crippen molar-refractivity contribution in [2.24, 2.45) is 5.92 Å². The summed E-state index contributed by atoms with van der Waals surface area (Å²) in [6, 6.07) is 20.3. The molecule has 1 aromatic heterocycles. The summed E-state index contributed by atoms with van der Waals surface area (Å²) < 4.78 is 13.2. The standard InChI is InChI=1S/C14H11B.C11H18N2O2/c15-11-14(12-7-3-1-4-8-12)13-9-5-2-6-10-13;1-3-10(11-14-6-7-15-11)8-13-5-4-12-9(13)2/h1-11H;4-5,10-11H,3,6-8H2,1-2H3. The highest BCUT2D eigenvalue weighted by Crippen LogP contribution is 2.22. The van der Waals surface area contributed by atoms with E-state index in [4.69, 9.17) is 17.3 Å². The molecule has 1 saturated heterocycles. The minimum atomic E-state index is -0.0307. The third kappa shape index (κ3) is 5.94. The third-order valence-electron chi connectivity index (χ3n) is 5.25. The first-order chi connectivity index (χ1) is 14.7. The molecule has 1 atom stereocenters. The van der Waals surface area contributed by atoms with Crippen LogP contribution in [0.3, 0.4) is 0 Å². The fourth-order valence-corrected chi connectivity index (χ4v) is 3.50. The van der Waals surface area contributed by atoms with Gasteiger partial charge in [-0.1, -0.05) is 67.6 Å². The van der Waals surface area contributed by atoms with Gasteiger partial charge in [0.2, 0.25) is 0 Å². The predicted octanol–water partition coefficient (Wildman–Crippen LogP) is 4.83. The lowest BCUT2D eigenvalue weighted by molar-refractivity contribution is -0.0885. The Morgan fingerprint density at radius 1 is 1.07 bits per heavy atom. The number of nitrogens with zero attached hydrogens (tertiary/aromatic N) is 2. The van der Waals surface area contributed by atoms with Crippen molar-refractivity contribution < 1.29 is 9.47 Å². The van der Waals surface area contributed by atoms with Gasteiger partial charge in [-0.05, 0) is 30.0 Å². The van der Waals surface area contributed by atoms with Crippen molar-refractivity contribution >= 4 is 13.4 Å². The number of ether oxygens (including phenoxy) is 2. The molecule has 2 aromatic carbocycles. The van der Waals surface area contributed by atoms with Crippen LogP contribution in [0.4, 0.5) is 0 Å². The molecule has 2 radical (unpaired) electrons. The van der Waals surface area contributed by atoms with Crippen LogP contribution in [0.5, 0.6) is 0 Å². The molecule has 0 bridgehead atoms. The molecular formula is C25H29BN2O2. The highest BCUT2D eigenvalue weighted by Gasteiger charge is 2.25. The zero-order valence-electron chi connectivity index (χ0n) is 17.8. The van der Waals surface area contributed by atoms with E-state index in [9.17, 15) is 0 Å². The van der Waals surface area contributed by atoms with Crippen LogP contribution in [0.15, 0.2) is 79.0 Å². The fraction of sp³-hybridized carbons (Fsp3) is 0.320. The number of aryl methyl sites for hydroxylation is 1. The van der Waals surface area contributed by atoms with Gasteiger partial charge < -0.3 is 14.0 Å². The number of benzene rings is 2. The average Bonchev–Trinajstić information content (AvgIpc) is 3.47. The predicted molar refractivity (Wildman–Crippen MR) is 122 cm³/mol. The summed E-state index contributed by atoms with van der Waals surface area (Å²) >= 11 is 0. The van der Waals surface area contributed by atoms with E-state index in [1.165, 1.54) is 0 Å². The highest BCUT2D eigenvalue weighted by atomic mass is 16.7. The Hall–Kier alpha value is -2.63. The molecule has 0 aliphatic carbocycles. The van der Waals surface area contributed by atoms with Crippen molar-refractivity contribution in [3.8, 4) is 0 Å². The lowest BCUT2D eigenvalue weighted by Crippen LogP contribution is -2.25. The van der Waals surface area contributed by atoms with Crippen LogP contribution in [0.25, 0.3) is 5.57 Å². The van der Waals surface area contributed by atoms with E-state index in [1.807, 2.05) is 55.7 Å². The number of hydrogen-bond acceptors (Lipinski definition) is 3. The van der Waals surface area contributed by atoms with Crippen LogP contribution < -0.4 is 0 Å². The van der Waals surface area contributed by atoms with Crippen LogP contribution in [0.2, 0.25) is 0 Å². The van der Waals surface area contributed by atoms with Gasteiger partial charge in [0, 0.05) is 24.9 Å². The Balaban J connectivity index is 0.000000171. The molecule has 1 fully saturated rings. The van der Waals surface area contributed by atoms with Gasteiger partial charge in [0.1, 0.15) is 13.7 Å². The molecule has 3 aromatic rings. The van der Waals surface area contributed by atoms with Gasteiger partial charge in [0.25, 0.3) is 0 Å². The second-order valence-corrected chi connectivity index (χ2v) is 7.22. The van der Waals surface area contributed by atoms with Crippen molar-refractivity contribution in [3.63, 3.8) is 0 Å². The van der Waals surface area contributed by atoms with Gasteiger partial charge >= 0.3 is 0 Å². The highest BCUT2D eigenvalue weighted by molar-refractivity contribution is 6.21. The van der Waals surface area contributed by atoms with Gasteiger partial charge in [-0.15, -0.1) is 5.98 Å². The van der Waals surface area contributed by atoms with Crippen molar-refractivity contribution in [1.82, 2.24) is 9.55 Å². The topological polar surface area (TPSA) is 36.3 Å². The molecule has 1 unspecified atom stereocenters. The Morgan fingerprint density at radius 3 is 2.07 bits per heavy atom. The Bertz CT molecular complexity index is 862. The summed E-state index contributed by atoms with van der Waals surface area (Å²) in [5, 5.41) is 0. The minimum Gasteiger partial charge on any atom is -0.350 e. The van der Waals surface area contributed by atoms with Crippen LogP contribution in [0.1, 0.15) is 30.3 Å². The maximum atomic E-state index is 5.67. The van der Waals surface area contributed by atoms with E-state index in [1.54, 1.807) is 5.98 Å². The number of aromatic nitrogens is 2. The average molecular weight is 400 g/mol. The van der Waals surface area contributed by atoms with E-state index >= 15 is 0 Å². The van der Waals surface area contributed by atoms with E-state index < -0.39 is 0 Å². The Labute approximate surface area is 181 Å². The molecule has 154 valence electrons. The third-order valence-corrected chi connectivity index (χ3v) is 5.25. The maximum absolute atomic E-state index is 5.67. The first-order valence-electron chi connectivity index (χ1n) is 10.5. The summed E-state index contributed by atoms with van der Waals surface area (Å²) in [5.41, 5.74) is 3.36. The van der Waals surface area contributed by atoms with Crippen molar-refractivity contribution in [1.29, 1.82) is 0 Å². The SMILES string of the molecule is CCC(Cn1ccnc1C)C1OCCO1.[B]C=C(c1ccccc1)c1ccccc1. The van der Waals surface area contributed by atoms with E-state index in [0.717, 1.165) is 48.7 Å².